The Kier molecular flexibility index (Phi) is 3.00. The maximum absolute atomic E-state index is 9.30. The van der Waals surface area contributed by atoms with Crippen molar-refractivity contribution >= 4 is 12.6 Å². The zero-order valence-corrected chi connectivity index (χ0v) is 9.06. The van der Waals surface area contributed by atoms with E-state index in [4.69, 9.17) is 10.0 Å². The number of hydrogen-bond acceptors (Lipinski definition) is 3. The summed E-state index contributed by atoms with van der Waals surface area (Å²) >= 11 is 0. The third-order valence-corrected chi connectivity index (χ3v) is 3.43. The zero-order valence-electron chi connectivity index (χ0n) is 9.06. The lowest BCUT2D eigenvalue weighted by atomic mass is 9.76. The highest BCUT2D eigenvalue weighted by Crippen LogP contribution is 2.40. The minimum atomic E-state index is -1.43. The van der Waals surface area contributed by atoms with Gasteiger partial charge >= 0.3 is 7.12 Å². The Hall–Kier alpha value is -1.31. The quantitative estimate of drug-likeness (QED) is 0.713. The van der Waals surface area contributed by atoms with Crippen LogP contribution in [-0.4, -0.2) is 17.2 Å². The third-order valence-electron chi connectivity index (χ3n) is 3.43. The number of nitrogens with zero attached hydrogens (tertiary/aromatic N) is 1. The van der Waals surface area contributed by atoms with Gasteiger partial charge in [-0.05, 0) is 23.9 Å². The summed E-state index contributed by atoms with van der Waals surface area (Å²) in [5.41, 5.74) is 1.12. The van der Waals surface area contributed by atoms with E-state index in [1.165, 1.54) is 0 Å². The Balaban J connectivity index is 2.31. The highest BCUT2D eigenvalue weighted by Gasteiger charge is 2.35. The first-order valence-corrected chi connectivity index (χ1v) is 5.56. The monoisotopic (exact) mass is 215 g/mol. The van der Waals surface area contributed by atoms with E-state index in [1.54, 1.807) is 12.1 Å². The number of rotatable bonds is 2. The second kappa shape index (κ2) is 4.29. The van der Waals surface area contributed by atoms with E-state index in [2.05, 4.69) is 6.07 Å². The van der Waals surface area contributed by atoms with Gasteiger partial charge in [-0.15, -0.1) is 0 Å². The summed E-state index contributed by atoms with van der Waals surface area (Å²) in [4.78, 5) is 0. The number of hydrogen-bond donors (Lipinski definition) is 2. The summed E-state index contributed by atoms with van der Waals surface area (Å²) in [7, 11) is -1.43. The molecule has 1 saturated carbocycles. The molecule has 2 rings (SSSR count). The number of nitriles is 1. The molecule has 1 aliphatic rings. The Bertz CT molecular complexity index is 402. The lowest BCUT2D eigenvalue weighted by Crippen LogP contribution is -2.30. The van der Waals surface area contributed by atoms with Crippen LogP contribution in [0.25, 0.3) is 0 Å². The molecule has 82 valence electrons. The minimum absolute atomic E-state index is 0.348. The van der Waals surface area contributed by atoms with Crippen molar-refractivity contribution in [1.82, 2.24) is 0 Å². The number of benzene rings is 1. The van der Waals surface area contributed by atoms with Crippen LogP contribution in [0.5, 0.6) is 0 Å². The van der Waals surface area contributed by atoms with Crippen LogP contribution in [0.4, 0.5) is 0 Å². The minimum Gasteiger partial charge on any atom is -0.423 e. The van der Waals surface area contributed by atoms with Crippen LogP contribution in [0.2, 0.25) is 0 Å². The predicted molar refractivity (Wildman–Crippen MR) is 62.0 cm³/mol. The van der Waals surface area contributed by atoms with Gasteiger partial charge in [0.2, 0.25) is 0 Å². The van der Waals surface area contributed by atoms with Gasteiger partial charge in [0.25, 0.3) is 0 Å². The Labute approximate surface area is 95.5 Å². The maximum Gasteiger partial charge on any atom is 0.488 e. The molecule has 1 aromatic rings. The molecule has 0 aliphatic heterocycles. The van der Waals surface area contributed by atoms with Crippen molar-refractivity contribution in [3.63, 3.8) is 0 Å². The first kappa shape index (κ1) is 11.2. The molecule has 1 aliphatic carbocycles. The van der Waals surface area contributed by atoms with E-state index in [0.29, 0.717) is 5.46 Å². The molecule has 0 bridgehead atoms. The molecular formula is C12H14BNO2. The summed E-state index contributed by atoms with van der Waals surface area (Å²) in [5, 5.41) is 27.3. The van der Waals surface area contributed by atoms with Gasteiger partial charge in [0.05, 0.1) is 11.5 Å². The second-order valence-electron chi connectivity index (χ2n) is 4.40. The van der Waals surface area contributed by atoms with Crippen LogP contribution in [0, 0.1) is 11.3 Å². The molecular weight excluding hydrogens is 201 g/mol. The van der Waals surface area contributed by atoms with E-state index in [1.807, 2.05) is 12.1 Å². The fourth-order valence-corrected chi connectivity index (χ4v) is 2.42. The van der Waals surface area contributed by atoms with Gasteiger partial charge < -0.3 is 10.0 Å². The summed E-state index contributed by atoms with van der Waals surface area (Å²) in [6, 6.07) is 9.45. The van der Waals surface area contributed by atoms with Gasteiger partial charge in [-0.2, -0.15) is 5.26 Å². The first-order chi connectivity index (χ1) is 7.68. The molecule has 1 aromatic carbocycles. The van der Waals surface area contributed by atoms with E-state index in [-0.39, 0.29) is 5.41 Å². The normalized spacial score (nSPS) is 18.1. The van der Waals surface area contributed by atoms with Gasteiger partial charge in [-0.3, -0.25) is 0 Å². The van der Waals surface area contributed by atoms with Gasteiger partial charge in [-0.25, -0.2) is 0 Å². The molecule has 0 unspecified atom stereocenters. The Morgan fingerprint density at radius 1 is 1.12 bits per heavy atom. The van der Waals surface area contributed by atoms with Crippen molar-refractivity contribution in [2.45, 2.75) is 31.1 Å². The van der Waals surface area contributed by atoms with E-state index in [9.17, 15) is 5.26 Å². The maximum atomic E-state index is 9.30. The predicted octanol–water partition coefficient (Wildman–Crippen LogP) is 0.702. The molecule has 4 heteroatoms. The largest absolute Gasteiger partial charge is 0.488 e. The Morgan fingerprint density at radius 3 is 2.12 bits per heavy atom. The van der Waals surface area contributed by atoms with Crippen molar-refractivity contribution in [3.05, 3.63) is 29.8 Å². The van der Waals surface area contributed by atoms with Crippen LogP contribution in [0.3, 0.4) is 0 Å². The molecule has 1 fully saturated rings. The molecule has 0 radical (unpaired) electrons. The Morgan fingerprint density at radius 2 is 1.69 bits per heavy atom. The molecule has 16 heavy (non-hydrogen) atoms. The second-order valence-corrected chi connectivity index (χ2v) is 4.40. The van der Waals surface area contributed by atoms with E-state index in [0.717, 1.165) is 31.2 Å². The average Bonchev–Trinajstić information content (AvgIpc) is 2.79. The summed E-state index contributed by atoms with van der Waals surface area (Å²) in [5.74, 6) is 0. The average molecular weight is 215 g/mol. The fourth-order valence-electron chi connectivity index (χ4n) is 2.42. The summed E-state index contributed by atoms with van der Waals surface area (Å²) in [6.45, 7) is 0. The van der Waals surface area contributed by atoms with Gasteiger partial charge in [0.1, 0.15) is 0 Å². The zero-order chi connectivity index (χ0) is 11.6. The van der Waals surface area contributed by atoms with E-state index >= 15 is 0 Å². The smallest absolute Gasteiger partial charge is 0.423 e. The van der Waals surface area contributed by atoms with Crippen molar-refractivity contribution in [2.24, 2.45) is 0 Å². The lowest BCUT2D eigenvalue weighted by molar-refractivity contribution is 0.425. The van der Waals surface area contributed by atoms with Crippen molar-refractivity contribution in [2.75, 3.05) is 0 Å². The topological polar surface area (TPSA) is 64.2 Å². The third kappa shape index (κ3) is 1.84. The molecule has 0 spiro atoms. The molecule has 3 nitrogen and oxygen atoms in total. The van der Waals surface area contributed by atoms with Gasteiger partial charge in [0.15, 0.2) is 0 Å². The van der Waals surface area contributed by atoms with E-state index < -0.39 is 7.12 Å². The molecule has 0 amide bonds. The van der Waals surface area contributed by atoms with Crippen LogP contribution < -0.4 is 5.46 Å². The van der Waals surface area contributed by atoms with Crippen molar-refractivity contribution in [1.29, 1.82) is 5.26 Å². The van der Waals surface area contributed by atoms with Crippen LogP contribution in [0.15, 0.2) is 24.3 Å². The SMILES string of the molecule is N#CC1(c2ccc(B(O)O)cc2)CCCC1. The lowest BCUT2D eigenvalue weighted by Gasteiger charge is -2.20. The van der Waals surface area contributed by atoms with Crippen LogP contribution in [0.1, 0.15) is 31.2 Å². The first-order valence-electron chi connectivity index (χ1n) is 5.56. The van der Waals surface area contributed by atoms with Crippen molar-refractivity contribution < 1.29 is 10.0 Å². The molecule has 0 heterocycles. The summed E-state index contributed by atoms with van der Waals surface area (Å²) in [6.07, 6.45) is 4.00. The van der Waals surface area contributed by atoms with Crippen molar-refractivity contribution in [3.8, 4) is 6.07 Å². The highest BCUT2D eigenvalue weighted by atomic mass is 16.4. The van der Waals surface area contributed by atoms with Crippen LogP contribution >= 0.6 is 0 Å². The fraction of sp³-hybridized carbons (Fsp3) is 0.417. The molecule has 2 N–H and O–H groups in total. The van der Waals surface area contributed by atoms with Crippen LogP contribution in [-0.2, 0) is 5.41 Å². The van der Waals surface area contributed by atoms with Gasteiger partial charge in [-0.1, -0.05) is 37.1 Å². The van der Waals surface area contributed by atoms with Gasteiger partial charge in [0, 0.05) is 0 Å². The molecule has 0 saturated heterocycles. The molecule has 0 atom stereocenters. The summed E-state index contributed by atoms with van der Waals surface area (Å²) < 4.78 is 0. The molecule has 0 aromatic heterocycles. The standard InChI is InChI=1S/C12H14BNO2/c14-9-12(7-1-2-8-12)10-3-5-11(6-4-10)13(15)16/h3-6,15-16H,1-2,7-8H2. The highest BCUT2D eigenvalue weighted by molar-refractivity contribution is 6.58.